The van der Waals surface area contributed by atoms with E-state index in [1.54, 1.807) is 0 Å². The normalized spacial score (nSPS) is 10.5. The first-order valence-electron chi connectivity index (χ1n) is 3.43. The number of hydrogen-bond donors (Lipinski definition) is 1. The van der Waals surface area contributed by atoms with Gasteiger partial charge >= 0.3 is 0 Å². The summed E-state index contributed by atoms with van der Waals surface area (Å²) in [5.74, 6) is 0. The van der Waals surface area contributed by atoms with Gasteiger partial charge in [0.1, 0.15) is 11.7 Å². The molecular weight excluding hydrogens is 163 g/mol. The first-order chi connectivity index (χ1) is 5.27. The average molecular weight is 174 g/mol. The number of aromatic nitrogens is 1. The number of nitrogens with one attached hydrogen (secondary N) is 1. The Labute approximate surface area is 69.5 Å². The Kier molecular flexibility index (Phi) is 2.96. The van der Waals surface area contributed by atoms with Crippen LogP contribution in [0.5, 0.6) is 0 Å². The lowest BCUT2D eigenvalue weighted by Crippen LogP contribution is -2.04. The molecule has 1 heterocycles. The van der Waals surface area contributed by atoms with Gasteiger partial charge in [0.05, 0.1) is 10.6 Å². The van der Waals surface area contributed by atoms with Crippen molar-refractivity contribution < 1.29 is 4.39 Å². The van der Waals surface area contributed by atoms with Gasteiger partial charge in [-0.3, -0.25) is 0 Å². The van der Waals surface area contributed by atoms with Crippen LogP contribution in [0.15, 0.2) is 0 Å². The minimum absolute atomic E-state index is 0.396. The molecule has 0 aliphatic rings. The fraction of sp³-hybridized carbons (Fsp3) is 0.571. The van der Waals surface area contributed by atoms with Crippen LogP contribution in [0.25, 0.3) is 0 Å². The summed E-state index contributed by atoms with van der Waals surface area (Å²) in [6.45, 7) is 2.17. The lowest BCUT2D eigenvalue weighted by molar-refractivity contribution is 0.489. The molecule has 0 saturated heterocycles. The molecule has 0 saturated carbocycles. The first kappa shape index (κ1) is 8.62. The van der Waals surface area contributed by atoms with Crippen molar-refractivity contribution in [3.8, 4) is 0 Å². The second-order valence-electron chi connectivity index (χ2n) is 2.28. The highest BCUT2D eigenvalue weighted by molar-refractivity contribution is 7.11. The molecule has 11 heavy (non-hydrogen) atoms. The molecule has 1 rings (SSSR count). The zero-order valence-electron chi connectivity index (χ0n) is 6.65. The highest BCUT2D eigenvalue weighted by Crippen LogP contribution is 2.18. The van der Waals surface area contributed by atoms with Crippen LogP contribution < -0.4 is 5.32 Å². The largest absolute Gasteiger partial charge is 0.314 e. The second kappa shape index (κ2) is 3.78. The van der Waals surface area contributed by atoms with Crippen molar-refractivity contribution in [2.45, 2.75) is 20.1 Å². The predicted molar refractivity (Wildman–Crippen MR) is 44.4 cm³/mol. The molecule has 0 fully saturated rings. The summed E-state index contributed by atoms with van der Waals surface area (Å²) >= 11 is 1.44. The van der Waals surface area contributed by atoms with E-state index in [1.807, 2.05) is 14.0 Å². The van der Waals surface area contributed by atoms with E-state index >= 15 is 0 Å². The molecule has 0 spiro atoms. The van der Waals surface area contributed by atoms with Gasteiger partial charge in [-0.2, -0.15) is 0 Å². The molecule has 4 heteroatoms. The van der Waals surface area contributed by atoms with E-state index in [-0.39, 0.29) is 0 Å². The van der Waals surface area contributed by atoms with E-state index < -0.39 is 6.67 Å². The number of aryl methyl sites for hydroxylation is 1. The molecular formula is C7H11FN2S. The van der Waals surface area contributed by atoms with Crippen molar-refractivity contribution in [3.63, 3.8) is 0 Å². The summed E-state index contributed by atoms with van der Waals surface area (Å²) in [7, 11) is 1.85. The Morgan fingerprint density at radius 3 is 2.82 bits per heavy atom. The van der Waals surface area contributed by atoms with Crippen LogP contribution in [0, 0.1) is 6.92 Å². The molecule has 2 nitrogen and oxygen atoms in total. The van der Waals surface area contributed by atoms with Gasteiger partial charge in [0.25, 0.3) is 0 Å². The van der Waals surface area contributed by atoms with E-state index in [9.17, 15) is 4.39 Å². The highest BCUT2D eigenvalue weighted by Gasteiger charge is 2.05. The fourth-order valence-electron chi connectivity index (χ4n) is 0.839. The quantitative estimate of drug-likeness (QED) is 0.753. The Morgan fingerprint density at radius 2 is 2.36 bits per heavy atom. The highest BCUT2D eigenvalue weighted by atomic mass is 32.1. The van der Waals surface area contributed by atoms with Gasteiger partial charge in [0.15, 0.2) is 0 Å². The van der Waals surface area contributed by atoms with Crippen LogP contribution in [0.3, 0.4) is 0 Å². The lowest BCUT2D eigenvalue weighted by Gasteiger charge is -1.88. The maximum atomic E-state index is 12.2. The second-order valence-corrected chi connectivity index (χ2v) is 3.45. The summed E-state index contributed by atoms with van der Waals surface area (Å²) in [5.41, 5.74) is 0.822. The van der Waals surface area contributed by atoms with Gasteiger partial charge in [0.2, 0.25) is 0 Å². The molecule has 0 aromatic carbocycles. The Morgan fingerprint density at radius 1 is 1.64 bits per heavy atom. The number of alkyl halides is 1. The zero-order valence-corrected chi connectivity index (χ0v) is 7.46. The van der Waals surface area contributed by atoms with Gasteiger partial charge in [-0.25, -0.2) is 9.37 Å². The molecule has 1 aromatic rings. The topological polar surface area (TPSA) is 24.9 Å². The van der Waals surface area contributed by atoms with Crippen molar-refractivity contribution in [1.82, 2.24) is 10.3 Å². The van der Waals surface area contributed by atoms with E-state index in [1.165, 1.54) is 11.3 Å². The summed E-state index contributed by atoms with van der Waals surface area (Å²) in [4.78, 5) is 4.93. The Hall–Kier alpha value is -0.480. The molecule has 0 atom stereocenters. The van der Waals surface area contributed by atoms with E-state index in [0.717, 1.165) is 22.1 Å². The smallest absolute Gasteiger partial charge is 0.126 e. The van der Waals surface area contributed by atoms with Crippen LogP contribution in [0.1, 0.15) is 15.6 Å². The van der Waals surface area contributed by atoms with Crippen molar-refractivity contribution in [3.05, 3.63) is 15.6 Å². The minimum atomic E-state index is -0.396. The van der Waals surface area contributed by atoms with Crippen LogP contribution in [-0.2, 0) is 13.2 Å². The number of hydrogen-bond acceptors (Lipinski definition) is 3. The fourth-order valence-corrected chi connectivity index (χ4v) is 1.77. The van der Waals surface area contributed by atoms with Crippen molar-refractivity contribution in [2.24, 2.45) is 0 Å². The number of thiazole rings is 1. The minimum Gasteiger partial charge on any atom is -0.314 e. The zero-order chi connectivity index (χ0) is 8.27. The lowest BCUT2D eigenvalue weighted by atomic mass is 10.4. The van der Waals surface area contributed by atoms with E-state index in [2.05, 4.69) is 10.3 Å². The number of rotatable bonds is 3. The third-order valence-electron chi connectivity index (χ3n) is 1.39. The molecule has 0 bridgehead atoms. The van der Waals surface area contributed by atoms with Gasteiger partial charge in [-0.05, 0) is 14.0 Å². The molecule has 62 valence electrons. The SMILES string of the molecule is CNCc1nc(C)c(CF)s1. The number of halogens is 1. The maximum absolute atomic E-state index is 12.2. The van der Waals surface area contributed by atoms with Gasteiger partial charge in [-0.1, -0.05) is 0 Å². The molecule has 0 aliphatic heterocycles. The Bertz CT molecular complexity index is 234. The summed E-state index contributed by atoms with van der Waals surface area (Å²) in [6, 6.07) is 0. The molecule has 0 unspecified atom stereocenters. The standard InChI is InChI=1S/C7H11FN2S/c1-5-6(3-8)11-7(10-5)4-9-2/h9H,3-4H2,1-2H3. The summed E-state index contributed by atoms with van der Waals surface area (Å²) in [6.07, 6.45) is 0. The Balaban J connectivity index is 2.77. The van der Waals surface area contributed by atoms with Crippen molar-refractivity contribution in [2.75, 3.05) is 7.05 Å². The average Bonchev–Trinajstić information content (AvgIpc) is 2.32. The predicted octanol–water partition coefficient (Wildman–Crippen LogP) is 1.64. The van der Waals surface area contributed by atoms with Gasteiger partial charge < -0.3 is 5.32 Å². The van der Waals surface area contributed by atoms with Crippen LogP contribution in [0.2, 0.25) is 0 Å². The van der Waals surface area contributed by atoms with Crippen molar-refractivity contribution >= 4 is 11.3 Å². The van der Waals surface area contributed by atoms with Crippen molar-refractivity contribution in [1.29, 1.82) is 0 Å². The maximum Gasteiger partial charge on any atom is 0.126 e. The van der Waals surface area contributed by atoms with Crippen LogP contribution >= 0.6 is 11.3 Å². The van der Waals surface area contributed by atoms with Gasteiger partial charge in [-0.15, -0.1) is 11.3 Å². The monoisotopic (exact) mass is 174 g/mol. The third-order valence-corrected chi connectivity index (χ3v) is 2.51. The van der Waals surface area contributed by atoms with E-state index in [4.69, 9.17) is 0 Å². The molecule has 1 aromatic heterocycles. The summed E-state index contributed by atoms with van der Waals surface area (Å²) < 4.78 is 12.2. The first-order valence-corrected chi connectivity index (χ1v) is 4.25. The summed E-state index contributed by atoms with van der Waals surface area (Å²) in [5, 5.41) is 3.93. The van der Waals surface area contributed by atoms with Gasteiger partial charge in [0, 0.05) is 6.54 Å². The molecule has 0 amide bonds. The third kappa shape index (κ3) is 1.97. The van der Waals surface area contributed by atoms with Crippen LogP contribution in [0.4, 0.5) is 4.39 Å². The van der Waals surface area contributed by atoms with E-state index in [0.29, 0.717) is 0 Å². The number of nitrogens with zero attached hydrogens (tertiary/aromatic N) is 1. The molecule has 0 aliphatic carbocycles. The van der Waals surface area contributed by atoms with Crippen LogP contribution in [-0.4, -0.2) is 12.0 Å². The molecule has 1 N–H and O–H groups in total. The molecule has 0 radical (unpaired) electrons.